The number of hydrogen-bond donors (Lipinski definition) is 1. The van der Waals surface area contributed by atoms with Crippen LogP contribution in [-0.2, 0) is 23.7 Å². The van der Waals surface area contributed by atoms with E-state index >= 15 is 0 Å². The van der Waals surface area contributed by atoms with E-state index < -0.39 is 12.6 Å². The maximum atomic E-state index is 11.0. The molecule has 0 atom stereocenters. The van der Waals surface area contributed by atoms with Crippen molar-refractivity contribution >= 4 is 17.5 Å². The lowest BCUT2D eigenvalue weighted by Gasteiger charge is -2.12. The second kappa shape index (κ2) is 15.7. The first-order chi connectivity index (χ1) is 12.6. The fraction of sp³-hybridized carbons (Fsp3) is 0.588. The summed E-state index contributed by atoms with van der Waals surface area (Å²) >= 11 is 1.64. The standard InChI is InChI=1S/C10H16N2O2S.C7H13NO3/c1-4-7-15-10-11-6-5-8(12-10)9(13-2)14-3;1-8-5-4-6(9)7(10-2)11-3/h5-6,9H,4,7H2,1-3H3;4-5,7-8H,1-3H3/b;5-4+. The van der Waals surface area contributed by atoms with Crippen LogP contribution in [0.4, 0.5) is 0 Å². The molecular formula is C17H29N3O5S. The van der Waals surface area contributed by atoms with Gasteiger partial charge in [0, 0.05) is 53.5 Å². The monoisotopic (exact) mass is 387 g/mol. The average Bonchev–Trinajstić information content (AvgIpc) is 2.67. The van der Waals surface area contributed by atoms with Crippen molar-refractivity contribution in [3.63, 3.8) is 0 Å². The molecule has 0 aliphatic rings. The molecule has 0 spiro atoms. The molecular weight excluding hydrogens is 358 g/mol. The largest absolute Gasteiger partial charge is 0.394 e. The highest BCUT2D eigenvalue weighted by Crippen LogP contribution is 2.18. The number of aromatic nitrogens is 2. The Morgan fingerprint density at radius 1 is 1.23 bits per heavy atom. The molecule has 148 valence electrons. The molecule has 1 aromatic heterocycles. The maximum Gasteiger partial charge on any atom is 0.221 e. The third-order valence-electron chi connectivity index (χ3n) is 2.83. The lowest BCUT2D eigenvalue weighted by Crippen LogP contribution is -2.23. The summed E-state index contributed by atoms with van der Waals surface area (Å²) in [5.41, 5.74) is 0.758. The summed E-state index contributed by atoms with van der Waals surface area (Å²) < 4.78 is 19.7. The first-order valence-electron chi connectivity index (χ1n) is 8.02. The van der Waals surface area contributed by atoms with Crippen LogP contribution in [0.3, 0.4) is 0 Å². The van der Waals surface area contributed by atoms with Gasteiger partial charge in [-0.2, -0.15) is 0 Å². The fourth-order valence-electron chi connectivity index (χ4n) is 1.66. The van der Waals surface area contributed by atoms with Crippen LogP contribution < -0.4 is 5.32 Å². The maximum absolute atomic E-state index is 11.0. The van der Waals surface area contributed by atoms with Gasteiger partial charge in [0.25, 0.3) is 0 Å². The van der Waals surface area contributed by atoms with Crippen LogP contribution in [0.25, 0.3) is 0 Å². The van der Waals surface area contributed by atoms with E-state index in [1.54, 1.807) is 45.3 Å². The number of hydrogen-bond acceptors (Lipinski definition) is 9. The third kappa shape index (κ3) is 9.83. The number of ether oxygens (including phenoxy) is 4. The van der Waals surface area contributed by atoms with Crippen molar-refractivity contribution in [3.05, 3.63) is 30.2 Å². The van der Waals surface area contributed by atoms with Crippen LogP contribution in [0.1, 0.15) is 25.3 Å². The Balaban J connectivity index is 0.000000508. The zero-order valence-electron chi connectivity index (χ0n) is 16.2. The number of carbonyl (C=O) groups is 1. The lowest BCUT2D eigenvalue weighted by atomic mass is 10.4. The van der Waals surface area contributed by atoms with Gasteiger partial charge in [0.1, 0.15) is 5.69 Å². The van der Waals surface area contributed by atoms with Gasteiger partial charge in [-0.1, -0.05) is 18.7 Å². The van der Waals surface area contributed by atoms with Crippen LogP contribution in [0, 0.1) is 0 Å². The molecule has 1 aromatic rings. The molecule has 0 aliphatic carbocycles. The Hall–Kier alpha value is -1.52. The van der Waals surface area contributed by atoms with Crippen LogP contribution in [-0.4, -0.2) is 63.3 Å². The molecule has 0 aliphatic heterocycles. The number of methoxy groups -OCH3 is 4. The minimum Gasteiger partial charge on any atom is -0.394 e. The summed E-state index contributed by atoms with van der Waals surface area (Å²) in [5.74, 6) is 0.804. The van der Waals surface area contributed by atoms with Gasteiger partial charge in [0.15, 0.2) is 5.16 Å². The Labute approximate surface area is 159 Å². The second-order valence-electron chi connectivity index (χ2n) is 4.74. The van der Waals surface area contributed by atoms with E-state index in [-0.39, 0.29) is 5.78 Å². The molecule has 0 unspecified atom stereocenters. The number of rotatable bonds is 11. The third-order valence-corrected chi connectivity index (χ3v) is 3.90. The summed E-state index contributed by atoms with van der Waals surface area (Å²) in [6, 6.07) is 1.80. The molecule has 8 nitrogen and oxygen atoms in total. The van der Waals surface area contributed by atoms with Crippen molar-refractivity contribution in [2.24, 2.45) is 0 Å². The highest BCUT2D eigenvalue weighted by molar-refractivity contribution is 7.99. The molecule has 1 heterocycles. The molecule has 9 heteroatoms. The summed E-state index contributed by atoms with van der Waals surface area (Å²) in [6.07, 6.45) is 4.51. The molecule has 0 amide bonds. The van der Waals surface area contributed by atoms with Crippen molar-refractivity contribution < 1.29 is 23.7 Å². The second-order valence-corrected chi connectivity index (χ2v) is 5.81. The molecule has 0 saturated carbocycles. The van der Waals surface area contributed by atoms with E-state index in [1.807, 2.05) is 0 Å². The molecule has 0 radical (unpaired) electrons. The van der Waals surface area contributed by atoms with Gasteiger partial charge < -0.3 is 24.3 Å². The highest BCUT2D eigenvalue weighted by atomic mass is 32.2. The van der Waals surface area contributed by atoms with E-state index in [9.17, 15) is 4.79 Å². The van der Waals surface area contributed by atoms with E-state index in [2.05, 4.69) is 22.2 Å². The predicted octanol–water partition coefficient (Wildman–Crippen LogP) is 2.18. The zero-order chi connectivity index (χ0) is 19.8. The number of carbonyl (C=O) groups excluding carboxylic acids is 1. The zero-order valence-corrected chi connectivity index (χ0v) is 17.0. The first kappa shape index (κ1) is 24.5. The Morgan fingerprint density at radius 2 is 1.88 bits per heavy atom. The van der Waals surface area contributed by atoms with Gasteiger partial charge in [0.05, 0.1) is 0 Å². The van der Waals surface area contributed by atoms with E-state index in [1.165, 1.54) is 26.5 Å². The van der Waals surface area contributed by atoms with Crippen LogP contribution >= 0.6 is 11.8 Å². The van der Waals surface area contributed by atoms with Gasteiger partial charge in [-0.15, -0.1) is 0 Å². The SMILES string of the molecule is CCCSc1nccc(C(OC)OC)n1.CN/C=C/C(=O)C(OC)OC. The van der Waals surface area contributed by atoms with Gasteiger partial charge in [-0.05, 0) is 18.7 Å². The van der Waals surface area contributed by atoms with E-state index in [4.69, 9.17) is 18.9 Å². The van der Waals surface area contributed by atoms with Crippen molar-refractivity contribution in [1.29, 1.82) is 0 Å². The molecule has 1 N–H and O–H groups in total. The van der Waals surface area contributed by atoms with Crippen molar-refractivity contribution in [3.8, 4) is 0 Å². The summed E-state index contributed by atoms with van der Waals surface area (Å²) in [4.78, 5) is 19.5. The van der Waals surface area contributed by atoms with Crippen molar-refractivity contribution in [2.45, 2.75) is 31.1 Å². The number of nitrogens with one attached hydrogen (secondary N) is 1. The Bertz CT molecular complexity index is 523. The van der Waals surface area contributed by atoms with Gasteiger partial charge in [-0.25, -0.2) is 9.97 Å². The predicted molar refractivity (Wildman–Crippen MR) is 101 cm³/mol. The topological polar surface area (TPSA) is 91.8 Å². The molecule has 0 fully saturated rings. The lowest BCUT2D eigenvalue weighted by molar-refractivity contribution is -0.151. The molecule has 26 heavy (non-hydrogen) atoms. The highest BCUT2D eigenvalue weighted by Gasteiger charge is 2.12. The molecule has 0 saturated heterocycles. The number of thioether (sulfide) groups is 1. The van der Waals surface area contributed by atoms with Crippen LogP contribution in [0.2, 0.25) is 0 Å². The molecule has 0 aromatic carbocycles. The first-order valence-corrected chi connectivity index (χ1v) is 9.00. The van der Waals surface area contributed by atoms with Crippen LogP contribution in [0.15, 0.2) is 29.7 Å². The van der Waals surface area contributed by atoms with Crippen molar-refractivity contribution in [1.82, 2.24) is 15.3 Å². The van der Waals surface area contributed by atoms with Crippen molar-refractivity contribution in [2.75, 3.05) is 41.2 Å². The average molecular weight is 388 g/mol. The Kier molecular flexibility index (Phi) is 14.8. The summed E-state index contributed by atoms with van der Waals surface area (Å²) in [5, 5.41) is 3.46. The molecule has 1 rings (SSSR count). The summed E-state index contributed by atoms with van der Waals surface area (Å²) in [7, 11) is 7.72. The van der Waals surface area contributed by atoms with E-state index in [0.717, 1.165) is 23.0 Å². The van der Waals surface area contributed by atoms with Gasteiger partial charge >= 0.3 is 0 Å². The molecule has 0 bridgehead atoms. The fourth-order valence-corrected chi connectivity index (χ4v) is 2.35. The quantitative estimate of drug-likeness (QED) is 0.265. The van der Waals surface area contributed by atoms with Crippen LogP contribution in [0.5, 0.6) is 0 Å². The smallest absolute Gasteiger partial charge is 0.221 e. The van der Waals surface area contributed by atoms with Gasteiger partial charge in [0.2, 0.25) is 18.4 Å². The Morgan fingerprint density at radius 3 is 2.38 bits per heavy atom. The number of nitrogens with zero attached hydrogens (tertiary/aromatic N) is 2. The number of ketones is 1. The van der Waals surface area contributed by atoms with E-state index in [0.29, 0.717) is 0 Å². The minimum atomic E-state index is -0.792. The summed E-state index contributed by atoms with van der Waals surface area (Å²) in [6.45, 7) is 2.13. The normalized spacial score (nSPS) is 10.9. The minimum absolute atomic E-state index is 0.218. The van der Waals surface area contributed by atoms with Gasteiger partial charge in [-0.3, -0.25) is 4.79 Å².